The average Bonchev–Trinajstić information content (AvgIpc) is 3.30. The molecule has 0 aromatic heterocycles. The Bertz CT molecular complexity index is 897. The number of para-hydroxylation sites is 1. The second-order valence-corrected chi connectivity index (χ2v) is 7.58. The maximum atomic E-state index is 12.7. The average molecular weight is 427 g/mol. The minimum absolute atomic E-state index is 0.146. The molecule has 0 bridgehead atoms. The summed E-state index contributed by atoms with van der Waals surface area (Å²) in [6, 6.07) is 11.0. The van der Waals surface area contributed by atoms with Gasteiger partial charge < -0.3 is 24.8 Å². The highest BCUT2D eigenvalue weighted by molar-refractivity contribution is 6.03. The molecule has 166 valence electrons. The summed E-state index contributed by atoms with van der Waals surface area (Å²) in [5.74, 6) is 1.29. The number of nitrogens with one attached hydrogen (secondary N) is 2. The van der Waals surface area contributed by atoms with Crippen LogP contribution in [-0.2, 0) is 11.2 Å². The first-order chi connectivity index (χ1) is 15.0. The van der Waals surface area contributed by atoms with Crippen LogP contribution in [0.15, 0.2) is 36.4 Å². The molecule has 1 saturated carbocycles. The summed E-state index contributed by atoms with van der Waals surface area (Å²) >= 11 is 0. The van der Waals surface area contributed by atoms with E-state index in [2.05, 4.69) is 10.6 Å². The van der Waals surface area contributed by atoms with E-state index in [1.54, 1.807) is 45.6 Å². The lowest BCUT2D eigenvalue weighted by Crippen LogP contribution is -2.33. The number of carbonyl (C=O) groups excluding carboxylic acids is 2. The molecular weight excluding hydrogens is 396 g/mol. The molecular formula is C24H30N2O5. The number of methoxy groups -OCH3 is 3. The maximum Gasteiger partial charge on any atom is 0.253 e. The molecule has 0 spiro atoms. The van der Waals surface area contributed by atoms with E-state index in [0.717, 1.165) is 31.2 Å². The Hall–Kier alpha value is -3.22. The number of rotatable bonds is 9. The van der Waals surface area contributed by atoms with Crippen LogP contribution in [0, 0.1) is 0 Å². The molecule has 0 atom stereocenters. The normalized spacial score (nSPS) is 13.5. The van der Waals surface area contributed by atoms with E-state index in [4.69, 9.17) is 14.2 Å². The Labute approximate surface area is 183 Å². The highest BCUT2D eigenvalue weighted by atomic mass is 16.5. The highest BCUT2D eigenvalue weighted by Gasteiger charge is 2.20. The van der Waals surface area contributed by atoms with E-state index in [1.165, 1.54) is 0 Å². The van der Waals surface area contributed by atoms with Crippen molar-refractivity contribution < 1.29 is 23.8 Å². The van der Waals surface area contributed by atoms with Gasteiger partial charge in [-0.3, -0.25) is 9.59 Å². The highest BCUT2D eigenvalue weighted by Crippen LogP contribution is 2.38. The van der Waals surface area contributed by atoms with Gasteiger partial charge in [0.05, 0.1) is 32.6 Å². The third-order valence-electron chi connectivity index (χ3n) is 5.50. The Morgan fingerprint density at radius 1 is 0.968 bits per heavy atom. The van der Waals surface area contributed by atoms with Crippen molar-refractivity contribution >= 4 is 17.5 Å². The monoisotopic (exact) mass is 426 g/mol. The van der Waals surface area contributed by atoms with Gasteiger partial charge in [-0.15, -0.1) is 0 Å². The fourth-order valence-corrected chi connectivity index (χ4v) is 3.87. The van der Waals surface area contributed by atoms with Crippen LogP contribution in [0.3, 0.4) is 0 Å². The number of hydrogen-bond donors (Lipinski definition) is 2. The van der Waals surface area contributed by atoms with Gasteiger partial charge in [0.2, 0.25) is 11.7 Å². The van der Waals surface area contributed by atoms with Crippen LogP contribution in [0.5, 0.6) is 17.2 Å². The van der Waals surface area contributed by atoms with Crippen molar-refractivity contribution in [2.24, 2.45) is 0 Å². The lowest BCUT2D eigenvalue weighted by molar-refractivity contribution is -0.116. The van der Waals surface area contributed by atoms with Crippen molar-refractivity contribution in [2.75, 3.05) is 26.6 Å². The predicted molar refractivity (Wildman–Crippen MR) is 119 cm³/mol. The van der Waals surface area contributed by atoms with Crippen molar-refractivity contribution in [3.63, 3.8) is 0 Å². The lowest BCUT2D eigenvalue weighted by Gasteiger charge is -2.15. The van der Waals surface area contributed by atoms with E-state index in [-0.39, 0.29) is 24.3 Å². The Kier molecular flexibility index (Phi) is 7.76. The van der Waals surface area contributed by atoms with Crippen molar-refractivity contribution in [3.05, 3.63) is 47.5 Å². The van der Waals surface area contributed by atoms with E-state index in [9.17, 15) is 9.59 Å². The minimum Gasteiger partial charge on any atom is -0.493 e. The molecule has 2 aromatic carbocycles. The van der Waals surface area contributed by atoms with Gasteiger partial charge in [0.1, 0.15) is 0 Å². The maximum absolute atomic E-state index is 12.7. The lowest BCUT2D eigenvalue weighted by atomic mass is 10.1. The molecule has 2 amide bonds. The van der Waals surface area contributed by atoms with Crippen LogP contribution in [0.4, 0.5) is 5.69 Å². The fourth-order valence-electron chi connectivity index (χ4n) is 3.87. The van der Waals surface area contributed by atoms with E-state index >= 15 is 0 Å². The van der Waals surface area contributed by atoms with Crippen LogP contribution >= 0.6 is 0 Å². The largest absolute Gasteiger partial charge is 0.493 e. The molecule has 1 fully saturated rings. The standard InChI is InChI=1S/C24H30N2O5/c1-29-20-14-16(15-21(30-2)23(20)31-3)12-13-22(27)26-19-11-7-6-10-18(19)24(28)25-17-8-4-5-9-17/h6-7,10-11,14-15,17H,4-5,8-9,12-13H2,1-3H3,(H,25,28)(H,26,27). The summed E-state index contributed by atoms with van der Waals surface area (Å²) in [6.45, 7) is 0. The first-order valence-corrected chi connectivity index (χ1v) is 10.5. The molecule has 0 aliphatic heterocycles. The van der Waals surface area contributed by atoms with Gasteiger partial charge in [-0.1, -0.05) is 25.0 Å². The first-order valence-electron chi connectivity index (χ1n) is 10.5. The minimum atomic E-state index is -0.171. The van der Waals surface area contributed by atoms with E-state index < -0.39 is 0 Å². The van der Waals surface area contributed by atoms with Crippen molar-refractivity contribution in [2.45, 2.75) is 44.6 Å². The summed E-state index contributed by atoms with van der Waals surface area (Å²) in [6.07, 6.45) is 5.04. The topological polar surface area (TPSA) is 85.9 Å². The van der Waals surface area contributed by atoms with Gasteiger partial charge in [-0.25, -0.2) is 0 Å². The summed E-state index contributed by atoms with van der Waals surface area (Å²) in [5.41, 5.74) is 1.89. The fraction of sp³-hybridized carbons (Fsp3) is 0.417. The number of ether oxygens (including phenoxy) is 3. The summed E-state index contributed by atoms with van der Waals surface area (Å²) in [7, 11) is 4.66. The molecule has 7 nitrogen and oxygen atoms in total. The first kappa shape index (κ1) is 22.5. The van der Waals surface area contributed by atoms with Gasteiger partial charge in [0.15, 0.2) is 11.5 Å². The van der Waals surface area contributed by atoms with Crippen LogP contribution in [0.1, 0.15) is 48.0 Å². The van der Waals surface area contributed by atoms with Gasteiger partial charge in [0.25, 0.3) is 5.91 Å². The number of amides is 2. The van der Waals surface area contributed by atoms with Crippen LogP contribution in [0.25, 0.3) is 0 Å². The molecule has 2 N–H and O–H groups in total. The van der Waals surface area contributed by atoms with Gasteiger partial charge in [0, 0.05) is 12.5 Å². The molecule has 1 aliphatic carbocycles. The Balaban J connectivity index is 1.64. The van der Waals surface area contributed by atoms with Gasteiger partial charge in [-0.05, 0) is 49.1 Å². The zero-order chi connectivity index (χ0) is 22.2. The summed E-state index contributed by atoms with van der Waals surface area (Å²) in [4.78, 5) is 25.3. The smallest absolute Gasteiger partial charge is 0.253 e. The van der Waals surface area contributed by atoms with Crippen LogP contribution in [0.2, 0.25) is 0 Å². The van der Waals surface area contributed by atoms with Crippen LogP contribution in [-0.4, -0.2) is 39.2 Å². The van der Waals surface area contributed by atoms with Gasteiger partial charge >= 0.3 is 0 Å². The van der Waals surface area contributed by atoms with Crippen molar-refractivity contribution in [1.82, 2.24) is 5.32 Å². The molecule has 0 saturated heterocycles. The molecule has 3 rings (SSSR count). The zero-order valence-corrected chi connectivity index (χ0v) is 18.3. The molecule has 7 heteroatoms. The number of aryl methyl sites for hydroxylation is 1. The third kappa shape index (κ3) is 5.69. The number of benzene rings is 2. The molecule has 2 aromatic rings. The van der Waals surface area contributed by atoms with Gasteiger partial charge in [-0.2, -0.15) is 0 Å². The molecule has 0 radical (unpaired) electrons. The Morgan fingerprint density at radius 2 is 1.61 bits per heavy atom. The van der Waals surface area contributed by atoms with Crippen LogP contribution < -0.4 is 24.8 Å². The third-order valence-corrected chi connectivity index (χ3v) is 5.50. The Morgan fingerprint density at radius 3 is 2.23 bits per heavy atom. The van der Waals surface area contributed by atoms with Crippen molar-refractivity contribution in [1.29, 1.82) is 0 Å². The SMILES string of the molecule is COc1cc(CCC(=O)Nc2ccccc2C(=O)NC2CCCC2)cc(OC)c1OC. The second kappa shape index (κ2) is 10.7. The number of hydrogen-bond acceptors (Lipinski definition) is 5. The van der Waals surface area contributed by atoms with Crippen molar-refractivity contribution in [3.8, 4) is 17.2 Å². The predicted octanol–water partition coefficient (Wildman–Crippen LogP) is 3.96. The summed E-state index contributed by atoms with van der Waals surface area (Å²) < 4.78 is 16.1. The zero-order valence-electron chi connectivity index (χ0n) is 18.3. The summed E-state index contributed by atoms with van der Waals surface area (Å²) in [5, 5.41) is 5.95. The van der Waals surface area contributed by atoms with E-state index in [0.29, 0.717) is 34.9 Å². The van der Waals surface area contributed by atoms with E-state index in [1.807, 2.05) is 12.1 Å². The number of carbonyl (C=O) groups is 2. The number of anilines is 1. The molecule has 31 heavy (non-hydrogen) atoms. The second-order valence-electron chi connectivity index (χ2n) is 7.58. The molecule has 0 heterocycles. The molecule has 0 unspecified atom stereocenters. The molecule has 1 aliphatic rings. The quantitative estimate of drug-likeness (QED) is 0.634.